The molecule has 0 bridgehead atoms. The molecule has 8 heteroatoms. The lowest BCUT2D eigenvalue weighted by atomic mass is 9.98. The van der Waals surface area contributed by atoms with Gasteiger partial charge in [0.2, 0.25) is 0 Å². The largest absolute Gasteiger partial charge is 0.476 e. The molecule has 2 unspecified atom stereocenters. The summed E-state index contributed by atoms with van der Waals surface area (Å²) >= 11 is 0. The van der Waals surface area contributed by atoms with Crippen molar-refractivity contribution in [1.29, 1.82) is 0 Å². The van der Waals surface area contributed by atoms with Gasteiger partial charge < -0.3 is 15.4 Å². The molecule has 0 radical (unpaired) electrons. The number of hydrogen-bond acceptors (Lipinski definition) is 5. The number of rotatable bonds is 6. The second-order valence-corrected chi connectivity index (χ2v) is 6.07. The lowest BCUT2D eigenvalue weighted by Crippen LogP contribution is -2.33. The maximum absolute atomic E-state index is 12.5. The topological polar surface area (TPSA) is 121 Å². The van der Waals surface area contributed by atoms with E-state index in [2.05, 4.69) is 25.3 Å². The van der Waals surface area contributed by atoms with Crippen LogP contribution in [0.4, 0.5) is 0 Å². The van der Waals surface area contributed by atoms with Gasteiger partial charge in [-0.2, -0.15) is 0 Å². The average Bonchev–Trinajstić information content (AvgIpc) is 3.09. The van der Waals surface area contributed by atoms with Gasteiger partial charge in [0.15, 0.2) is 5.69 Å². The minimum absolute atomic E-state index is 0.0550. The molecule has 0 saturated carbocycles. The third-order valence-electron chi connectivity index (χ3n) is 4.31. The van der Waals surface area contributed by atoms with Gasteiger partial charge in [0.05, 0.1) is 29.5 Å². The Balaban J connectivity index is 1.86. The van der Waals surface area contributed by atoms with Crippen molar-refractivity contribution in [2.75, 3.05) is 0 Å². The average molecular weight is 353 g/mol. The molecule has 0 aliphatic heterocycles. The molecule has 1 amide bonds. The first-order chi connectivity index (χ1) is 12.5. The van der Waals surface area contributed by atoms with Crippen LogP contribution in [-0.4, -0.2) is 36.9 Å². The summed E-state index contributed by atoms with van der Waals surface area (Å²) in [4.78, 5) is 38.8. The van der Waals surface area contributed by atoms with Crippen LogP contribution in [0.25, 0.3) is 11.0 Å². The predicted octanol–water partition coefficient (Wildman–Crippen LogP) is 2.57. The van der Waals surface area contributed by atoms with Crippen molar-refractivity contribution in [1.82, 2.24) is 25.3 Å². The van der Waals surface area contributed by atoms with E-state index in [0.717, 1.165) is 29.8 Å². The molecule has 2 heterocycles. The molecule has 0 aliphatic carbocycles. The summed E-state index contributed by atoms with van der Waals surface area (Å²) in [7, 11) is 0. The molecule has 0 spiro atoms. The van der Waals surface area contributed by atoms with Crippen LogP contribution in [0.3, 0.4) is 0 Å². The number of carboxylic acid groups (broad SMARTS) is 1. The Morgan fingerprint density at radius 3 is 2.50 bits per heavy atom. The number of imidazole rings is 1. The van der Waals surface area contributed by atoms with Crippen molar-refractivity contribution >= 4 is 22.9 Å². The Morgan fingerprint density at radius 2 is 1.88 bits per heavy atom. The minimum Gasteiger partial charge on any atom is -0.476 e. The highest BCUT2D eigenvalue weighted by Gasteiger charge is 2.25. The van der Waals surface area contributed by atoms with Gasteiger partial charge in [-0.1, -0.05) is 32.4 Å². The van der Waals surface area contributed by atoms with E-state index >= 15 is 0 Å². The number of carboxylic acids is 1. The van der Waals surface area contributed by atoms with E-state index in [1.54, 1.807) is 0 Å². The molecule has 3 rings (SSSR count). The van der Waals surface area contributed by atoms with Crippen LogP contribution in [0.2, 0.25) is 0 Å². The highest BCUT2D eigenvalue weighted by molar-refractivity contribution is 5.93. The number of benzene rings is 1. The van der Waals surface area contributed by atoms with E-state index in [1.165, 1.54) is 0 Å². The standard InChI is InChI=1S/C18H19N5O3/c1-3-10(2)15(16-21-11-6-4-5-7-12(11)22-16)23-17(24)13-8-20-14(9-19-13)18(25)26/h4-10,15H,3H2,1-2H3,(H,21,22)(H,23,24)(H,25,26). The predicted molar refractivity (Wildman–Crippen MR) is 94.7 cm³/mol. The van der Waals surface area contributed by atoms with Gasteiger partial charge >= 0.3 is 5.97 Å². The molecule has 2 aromatic heterocycles. The van der Waals surface area contributed by atoms with E-state index in [9.17, 15) is 9.59 Å². The Labute approximate surface area is 149 Å². The van der Waals surface area contributed by atoms with Crippen molar-refractivity contribution in [3.05, 3.63) is 53.9 Å². The summed E-state index contributed by atoms with van der Waals surface area (Å²) in [6.45, 7) is 4.06. The monoisotopic (exact) mass is 353 g/mol. The van der Waals surface area contributed by atoms with Gasteiger partial charge in [-0.15, -0.1) is 0 Å². The van der Waals surface area contributed by atoms with Gasteiger partial charge in [0.1, 0.15) is 11.5 Å². The quantitative estimate of drug-likeness (QED) is 0.626. The van der Waals surface area contributed by atoms with E-state index < -0.39 is 11.9 Å². The number of nitrogens with one attached hydrogen (secondary N) is 2. The lowest BCUT2D eigenvalue weighted by Gasteiger charge is -2.22. The summed E-state index contributed by atoms with van der Waals surface area (Å²) in [5.41, 5.74) is 1.57. The second kappa shape index (κ2) is 7.30. The Bertz CT molecular complexity index is 902. The van der Waals surface area contributed by atoms with Crippen LogP contribution >= 0.6 is 0 Å². The number of fused-ring (bicyclic) bond motifs is 1. The first-order valence-electron chi connectivity index (χ1n) is 8.30. The molecule has 2 atom stereocenters. The fraction of sp³-hybridized carbons (Fsp3) is 0.278. The molecular weight excluding hydrogens is 334 g/mol. The van der Waals surface area contributed by atoms with Gasteiger partial charge in [-0.25, -0.2) is 19.7 Å². The number of carbonyl (C=O) groups is 2. The fourth-order valence-electron chi connectivity index (χ4n) is 2.61. The Hall–Kier alpha value is -3.29. The number of carbonyl (C=O) groups excluding carboxylic acids is 1. The number of para-hydroxylation sites is 2. The van der Waals surface area contributed by atoms with Gasteiger partial charge in [0.25, 0.3) is 5.91 Å². The molecule has 134 valence electrons. The SMILES string of the molecule is CCC(C)C(NC(=O)c1cnc(C(=O)O)cn1)c1nc2ccccc2[nH]1. The molecule has 0 saturated heterocycles. The molecule has 0 fully saturated rings. The first-order valence-corrected chi connectivity index (χ1v) is 8.30. The summed E-state index contributed by atoms with van der Waals surface area (Å²) in [6.07, 6.45) is 3.06. The van der Waals surface area contributed by atoms with E-state index in [-0.39, 0.29) is 23.3 Å². The summed E-state index contributed by atoms with van der Waals surface area (Å²) in [6, 6.07) is 7.32. The molecule has 0 aliphatic rings. The zero-order valence-corrected chi connectivity index (χ0v) is 14.4. The van der Waals surface area contributed by atoms with Gasteiger partial charge in [-0.3, -0.25) is 4.79 Å². The zero-order chi connectivity index (χ0) is 18.7. The maximum Gasteiger partial charge on any atom is 0.356 e. The number of hydrogen-bond donors (Lipinski definition) is 3. The van der Waals surface area contributed by atoms with E-state index in [4.69, 9.17) is 5.11 Å². The maximum atomic E-state index is 12.5. The highest BCUT2D eigenvalue weighted by Crippen LogP contribution is 2.24. The molecular formula is C18H19N5O3. The van der Waals surface area contributed by atoms with Crippen molar-refractivity contribution in [2.24, 2.45) is 5.92 Å². The second-order valence-electron chi connectivity index (χ2n) is 6.07. The van der Waals surface area contributed by atoms with Crippen LogP contribution < -0.4 is 5.32 Å². The van der Waals surface area contributed by atoms with Crippen molar-refractivity contribution in [3.63, 3.8) is 0 Å². The molecule has 8 nitrogen and oxygen atoms in total. The fourth-order valence-corrected chi connectivity index (χ4v) is 2.61. The van der Waals surface area contributed by atoms with Gasteiger partial charge in [0, 0.05) is 0 Å². The molecule has 3 N–H and O–H groups in total. The number of H-pyrrole nitrogens is 1. The van der Waals surface area contributed by atoms with Crippen molar-refractivity contribution < 1.29 is 14.7 Å². The summed E-state index contributed by atoms with van der Waals surface area (Å²) in [5.74, 6) is -0.820. The first kappa shape index (κ1) is 17.5. The lowest BCUT2D eigenvalue weighted by molar-refractivity contribution is 0.0688. The molecule has 3 aromatic rings. The summed E-state index contributed by atoms with van der Waals surface area (Å²) in [5, 5.41) is 11.8. The van der Waals surface area contributed by atoms with Crippen LogP contribution in [0.5, 0.6) is 0 Å². The molecule has 1 aromatic carbocycles. The number of aromatic amines is 1. The van der Waals surface area contributed by atoms with Gasteiger partial charge in [-0.05, 0) is 18.1 Å². The minimum atomic E-state index is -1.19. The number of amides is 1. The molecule has 26 heavy (non-hydrogen) atoms. The Morgan fingerprint density at radius 1 is 1.19 bits per heavy atom. The van der Waals surface area contributed by atoms with Crippen molar-refractivity contribution in [3.8, 4) is 0 Å². The Kier molecular flexibility index (Phi) is 4.92. The number of nitrogens with zero attached hydrogens (tertiary/aromatic N) is 3. The smallest absolute Gasteiger partial charge is 0.356 e. The highest BCUT2D eigenvalue weighted by atomic mass is 16.4. The third-order valence-corrected chi connectivity index (χ3v) is 4.31. The van der Waals surface area contributed by atoms with E-state index in [1.807, 2.05) is 38.1 Å². The normalized spacial score (nSPS) is 13.3. The van der Waals surface area contributed by atoms with Crippen LogP contribution in [-0.2, 0) is 0 Å². The van der Waals surface area contributed by atoms with E-state index in [0.29, 0.717) is 5.82 Å². The third kappa shape index (κ3) is 3.53. The zero-order valence-electron chi connectivity index (χ0n) is 14.4. The van der Waals surface area contributed by atoms with Crippen molar-refractivity contribution in [2.45, 2.75) is 26.3 Å². The number of aromatic nitrogens is 4. The van der Waals surface area contributed by atoms with Crippen LogP contribution in [0, 0.1) is 5.92 Å². The van der Waals surface area contributed by atoms with Crippen LogP contribution in [0.15, 0.2) is 36.7 Å². The summed E-state index contributed by atoms with van der Waals surface area (Å²) < 4.78 is 0. The number of aromatic carboxylic acids is 1. The van der Waals surface area contributed by atoms with Crippen LogP contribution in [0.1, 0.15) is 53.1 Å².